The van der Waals surface area contributed by atoms with E-state index in [0.29, 0.717) is 0 Å². The lowest BCUT2D eigenvalue weighted by atomic mass is 9.74. The Morgan fingerprint density at radius 2 is 1.37 bits per heavy atom. The Labute approximate surface area is 115 Å². The summed E-state index contributed by atoms with van der Waals surface area (Å²) >= 11 is 0. The van der Waals surface area contributed by atoms with Crippen molar-refractivity contribution >= 4 is 0 Å². The van der Waals surface area contributed by atoms with E-state index >= 15 is 0 Å². The van der Waals surface area contributed by atoms with Gasteiger partial charge in [0.25, 0.3) is 0 Å². The van der Waals surface area contributed by atoms with Crippen LogP contribution in [0.1, 0.15) is 56.9 Å². The van der Waals surface area contributed by atoms with Crippen molar-refractivity contribution < 1.29 is 4.39 Å². The van der Waals surface area contributed by atoms with Gasteiger partial charge in [-0.1, -0.05) is 37.8 Å². The van der Waals surface area contributed by atoms with E-state index in [0.717, 1.165) is 0 Å². The quantitative estimate of drug-likeness (QED) is 0.759. The summed E-state index contributed by atoms with van der Waals surface area (Å²) in [5, 5.41) is 0. The summed E-state index contributed by atoms with van der Waals surface area (Å²) in [5.41, 5.74) is 1.54. The lowest BCUT2D eigenvalue weighted by Crippen LogP contribution is -2.49. The molecule has 0 N–H and O–H groups in total. The Bertz CT molecular complexity index is 400. The van der Waals surface area contributed by atoms with Crippen LogP contribution in [0.2, 0.25) is 0 Å². The van der Waals surface area contributed by atoms with E-state index in [-0.39, 0.29) is 11.4 Å². The van der Waals surface area contributed by atoms with Crippen LogP contribution in [-0.4, -0.2) is 18.0 Å². The van der Waals surface area contributed by atoms with E-state index in [1.54, 1.807) is 12.1 Å². The Morgan fingerprint density at radius 1 is 0.789 bits per heavy atom. The molecule has 1 saturated carbocycles. The normalized spacial score (nSPS) is 24.3. The molecule has 0 aromatic heterocycles. The maximum absolute atomic E-state index is 13.2. The monoisotopic (exact) mass is 261 g/mol. The van der Waals surface area contributed by atoms with Crippen molar-refractivity contribution in [2.75, 3.05) is 13.1 Å². The highest BCUT2D eigenvalue weighted by Gasteiger charge is 2.39. The fraction of sp³-hybridized carbons (Fsp3) is 0.647. The minimum absolute atomic E-state index is 0.117. The van der Waals surface area contributed by atoms with Crippen LogP contribution in [0.25, 0.3) is 0 Å². The van der Waals surface area contributed by atoms with Crippen molar-refractivity contribution in [3.05, 3.63) is 35.6 Å². The molecule has 0 spiro atoms. The minimum Gasteiger partial charge on any atom is -0.294 e. The molecule has 0 unspecified atom stereocenters. The lowest BCUT2D eigenvalue weighted by Gasteiger charge is -2.48. The van der Waals surface area contributed by atoms with Gasteiger partial charge in [0.2, 0.25) is 0 Å². The number of nitrogens with zero attached hydrogens (tertiary/aromatic N) is 1. The Morgan fingerprint density at radius 3 is 2.00 bits per heavy atom. The first-order chi connectivity index (χ1) is 9.31. The summed E-state index contributed by atoms with van der Waals surface area (Å²) in [6.45, 7) is 2.44. The molecule has 0 atom stereocenters. The van der Waals surface area contributed by atoms with Crippen LogP contribution >= 0.6 is 0 Å². The summed E-state index contributed by atoms with van der Waals surface area (Å²) in [6, 6.07) is 7.32. The maximum atomic E-state index is 13.2. The molecular weight excluding hydrogens is 237 g/mol. The Kier molecular flexibility index (Phi) is 3.88. The summed E-state index contributed by atoms with van der Waals surface area (Å²) < 4.78 is 13.2. The molecule has 1 aromatic carbocycles. The van der Waals surface area contributed by atoms with Gasteiger partial charge in [-0.3, -0.25) is 4.90 Å². The molecule has 0 radical (unpaired) electrons. The second kappa shape index (κ2) is 5.62. The summed E-state index contributed by atoms with van der Waals surface area (Å²) in [7, 11) is 0. The fourth-order valence-corrected chi connectivity index (χ4v) is 4.01. The van der Waals surface area contributed by atoms with Crippen molar-refractivity contribution in [2.45, 2.75) is 56.9 Å². The van der Waals surface area contributed by atoms with Gasteiger partial charge in [-0.15, -0.1) is 0 Å². The molecule has 1 heterocycles. The van der Waals surface area contributed by atoms with E-state index in [4.69, 9.17) is 0 Å². The third kappa shape index (κ3) is 2.55. The zero-order chi connectivity index (χ0) is 13.1. The van der Waals surface area contributed by atoms with E-state index in [1.807, 2.05) is 12.1 Å². The summed E-state index contributed by atoms with van der Waals surface area (Å²) in [4.78, 5) is 2.70. The van der Waals surface area contributed by atoms with Crippen molar-refractivity contribution in [2.24, 2.45) is 0 Å². The first-order valence-electron chi connectivity index (χ1n) is 7.82. The van der Waals surface area contributed by atoms with Gasteiger partial charge in [0.15, 0.2) is 0 Å². The second-order valence-corrected chi connectivity index (χ2v) is 6.15. The molecule has 0 amide bonds. The standard InChI is InChI=1S/C17H24FN/c18-16-9-7-15(8-10-16)17(11-3-1-4-12-17)19-13-5-2-6-14-19/h7-10H,1-6,11-14H2. The van der Waals surface area contributed by atoms with Crippen molar-refractivity contribution in [1.29, 1.82) is 0 Å². The third-order valence-corrected chi connectivity index (χ3v) is 5.02. The highest BCUT2D eigenvalue weighted by molar-refractivity contribution is 5.26. The molecule has 2 fully saturated rings. The Balaban J connectivity index is 1.93. The molecular formula is C17H24FN. The van der Waals surface area contributed by atoms with Crippen LogP contribution in [0.4, 0.5) is 4.39 Å². The van der Waals surface area contributed by atoms with E-state index < -0.39 is 0 Å². The topological polar surface area (TPSA) is 3.24 Å². The van der Waals surface area contributed by atoms with Gasteiger partial charge in [-0.25, -0.2) is 4.39 Å². The summed E-state index contributed by atoms with van der Waals surface area (Å²) in [5.74, 6) is -0.117. The molecule has 19 heavy (non-hydrogen) atoms. The highest BCUT2D eigenvalue weighted by atomic mass is 19.1. The van der Waals surface area contributed by atoms with Crippen LogP contribution in [0, 0.1) is 5.82 Å². The summed E-state index contributed by atoms with van der Waals surface area (Å²) in [6.07, 6.45) is 10.5. The van der Waals surface area contributed by atoms with Gasteiger partial charge >= 0.3 is 0 Å². The molecule has 3 rings (SSSR count). The van der Waals surface area contributed by atoms with Crippen molar-refractivity contribution in [1.82, 2.24) is 4.90 Å². The minimum atomic E-state index is -0.117. The number of hydrogen-bond donors (Lipinski definition) is 0. The SMILES string of the molecule is Fc1ccc(C2(N3CCCCC3)CCCCC2)cc1. The van der Waals surface area contributed by atoms with E-state index in [1.165, 1.54) is 70.0 Å². The zero-order valence-corrected chi connectivity index (χ0v) is 11.7. The van der Waals surface area contributed by atoms with Crippen molar-refractivity contribution in [3.8, 4) is 0 Å². The van der Waals surface area contributed by atoms with Gasteiger partial charge < -0.3 is 0 Å². The van der Waals surface area contributed by atoms with Crippen LogP contribution < -0.4 is 0 Å². The molecule has 104 valence electrons. The average Bonchev–Trinajstić information content (AvgIpc) is 2.49. The van der Waals surface area contributed by atoms with Crippen molar-refractivity contribution in [3.63, 3.8) is 0 Å². The molecule has 1 aromatic rings. The predicted molar refractivity (Wildman–Crippen MR) is 76.6 cm³/mol. The smallest absolute Gasteiger partial charge is 0.123 e. The van der Waals surface area contributed by atoms with Gasteiger partial charge in [0.05, 0.1) is 0 Å². The molecule has 1 aliphatic carbocycles. The predicted octanol–water partition coefficient (Wildman–Crippen LogP) is 4.47. The van der Waals surface area contributed by atoms with Crippen LogP contribution in [-0.2, 0) is 5.54 Å². The van der Waals surface area contributed by atoms with Crippen LogP contribution in [0.3, 0.4) is 0 Å². The molecule has 1 nitrogen and oxygen atoms in total. The third-order valence-electron chi connectivity index (χ3n) is 5.02. The lowest BCUT2D eigenvalue weighted by molar-refractivity contribution is 0.0303. The van der Waals surface area contributed by atoms with E-state index in [9.17, 15) is 4.39 Å². The van der Waals surface area contributed by atoms with Gasteiger partial charge in [0, 0.05) is 5.54 Å². The largest absolute Gasteiger partial charge is 0.294 e. The number of piperidine rings is 1. The number of hydrogen-bond acceptors (Lipinski definition) is 1. The van der Waals surface area contributed by atoms with Gasteiger partial charge in [-0.2, -0.15) is 0 Å². The first kappa shape index (κ1) is 13.1. The Hall–Kier alpha value is -0.890. The van der Waals surface area contributed by atoms with Gasteiger partial charge in [-0.05, 0) is 56.5 Å². The molecule has 2 aliphatic rings. The van der Waals surface area contributed by atoms with Gasteiger partial charge in [0.1, 0.15) is 5.82 Å². The molecule has 0 bridgehead atoms. The number of halogens is 1. The number of likely N-dealkylation sites (tertiary alicyclic amines) is 1. The van der Waals surface area contributed by atoms with E-state index in [2.05, 4.69) is 4.90 Å². The maximum Gasteiger partial charge on any atom is 0.123 e. The zero-order valence-electron chi connectivity index (χ0n) is 11.7. The molecule has 1 aliphatic heterocycles. The molecule has 2 heteroatoms. The fourth-order valence-electron chi connectivity index (χ4n) is 4.01. The second-order valence-electron chi connectivity index (χ2n) is 6.15. The number of benzene rings is 1. The average molecular weight is 261 g/mol. The highest BCUT2D eigenvalue weighted by Crippen LogP contribution is 2.43. The van der Waals surface area contributed by atoms with Crippen LogP contribution in [0.15, 0.2) is 24.3 Å². The molecule has 1 saturated heterocycles. The van der Waals surface area contributed by atoms with Crippen LogP contribution in [0.5, 0.6) is 0 Å². The first-order valence-corrected chi connectivity index (χ1v) is 7.82. The number of rotatable bonds is 2.